The number of aryl methyl sites for hydroxylation is 3. The Hall–Kier alpha value is -1.83. The molecule has 2 aliphatic heterocycles. The summed E-state index contributed by atoms with van der Waals surface area (Å²) in [6, 6.07) is 0. The lowest BCUT2D eigenvalue weighted by atomic mass is 9.73. The quantitative estimate of drug-likeness (QED) is 0.640. The molecule has 13 heteroatoms. The smallest absolute Gasteiger partial charge is 0.248 e. The molecule has 29 heavy (non-hydrogen) atoms. The molecule has 1 unspecified atom stereocenters. The Morgan fingerprint density at radius 2 is 1.69 bits per heavy atom. The molecule has 0 aliphatic carbocycles. The third-order valence-corrected chi connectivity index (χ3v) is 9.60. The molecule has 160 valence electrons. The van der Waals surface area contributed by atoms with Gasteiger partial charge in [0.2, 0.25) is 25.9 Å². The van der Waals surface area contributed by atoms with Crippen LogP contribution in [0.3, 0.4) is 0 Å². The average molecular weight is 446 g/mol. The van der Waals surface area contributed by atoms with Crippen LogP contribution in [0.2, 0.25) is 0 Å². The summed E-state index contributed by atoms with van der Waals surface area (Å²) in [5.41, 5.74) is -0.318. The van der Waals surface area contributed by atoms with Crippen LogP contribution in [0, 0.1) is 26.2 Å². The van der Waals surface area contributed by atoms with E-state index in [2.05, 4.69) is 15.3 Å². The van der Waals surface area contributed by atoms with E-state index in [1.165, 1.54) is 8.61 Å². The van der Waals surface area contributed by atoms with Crippen molar-refractivity contribution in [3.63, 3.8) is 0 Å². The van der Waals surface area contributed by atoms with Crippen molar-refractivity contribution in [2.75, 3.05) is 31.9 Å². The third-order valence-electron chi connectivity index (χ3n) is 5.76. The van der Waals surface area contributed by atoms with Gasteiger partial charge in [-0.1, -0.05) is 10.3 Å². The molecule has 2 aromatic heterocycles. The van der Waals surface area contributed by atoms with E-state index in [1.807, 2.05) is 0 Å². The van der Waals surface area contributed by atoms with Gasteiger partial charge in [-0.3, -0.25) is 0 Å². The Morgan fingerprint density at radius 3 is 2.21 bits per heavy atom. The molecule has 2 aromatic rings. The molecule has 0 aromatic carbocycles. The zero-order chi connectivity index (χ0) is 21.2. The van der Waals surface area contributed by atoms with Crippen LogP contribution in [-0.2, 0) is 20.0 Å². The van der Waals surface area contributed by atoms with E-state index in [-0.39, 0.29) is 48.5 Å². The van der Waals surface area contributed by atoms with Crippen molar-refractivity contribution < 1.29 is 25.9 Å². The fourth-order valence-electron chi connectivity index (χ4n) is 4.23. The summed E-state index contributed by atoms with van der Waals surface area (Å²) in [5.74, 6) is 0.618. The first-order valence-electron chi connectivity index (χ1n) is 9.21. The summed E-state index contributed by atoms with van der Waals surface area (Å²) in [6.45, 7) is 7.11. The molecular formula is C16H23N5O6S2. The molecule has 0 radical (unpaired) electrons. The minimum Gasteiger partial charge on any atom is -0.360 e. The molecule has 1 spiro atoms. The largest absolute Gasteiger partial charge is 0.360 e. The van der Waals surface area contributed by atoms with Crippen molar-refractivity contribution in [3.8, 4) is 0 Å². The number of aromatic nitrogens is 3. The summed E-state index contributed by atoms with van der Waals surface area (Å²) in [6.07, 6.45) is 0. The Morgan fingerprint density at radius 1 is 1.03 bits per heavy atom. The number of hydrogen-bond acceptors (Lipinski definition) is 9. The summed E-state index contributed by atoms with van der Waals surface area (Å²) in [4.78, 5) is 4.35. The maximum Gasteiger partial charge on any atom is 0.248 e. The highest BCUT2D eigenvalue weighted by molar-refractivity contribution is 7.89. The lowest BCUT2D eigenvalue weighted by Crippen LogP contribution is -2.61. The lowest BCUT2D eigenvalue weighted by Gasteiger charge is -2.48. The lowest BCUT2D eigenvalue weighted by molar-refractivity contribution is 0.0591. The maximum absolute atomic E-state index is 13.1. The van der Waals surface area contributed by atoms with Gasteiger partial charge in [0.15, 0.2) is 11.6 Å². The molecule has 0 saturated carbocycles. The third kappa shape index (κ3) is 3.10. The summed E-state index contributed by atoms with van der Waals surface area (Å²) < 4.78 is 64.2. The van der Waals surface area contributed by atoms with Crippen molar-refractivity contribution in [3.05, 3.63) is 23.2 Å². The Bertz CT molecular complexity index is 1130. The van der Waals surface area contributed by atoms with E-state index in [0.29, 0.717) is 17.4 Å². The van der Waals surface area contributed by atoms with Gasteiger partial charge in [-0.05, 0) is 27.7 Å². The second-order valence-corrected chi connectivity index (χ2v) is 11.8. The molecule has 4 heterocycles. The SMILES string of the molecule is CCS(=O)(=O)N1CC(c2nc(C)no2)C2(C1)CN(S(=O)(=O)c1c(C)noc1C)C2. The van der Waals surface area contributed by atoms with Crippen LogP contribution < -0.4 is 0 Å². The van der Waals surface area contributed by atoms with Gasteiger partial charge in [0, 0.05) is 31.6 Å². The van der Waals surface area contributed by atoms with Crippen molar-refractivity contribution in [1.29, 1.82) is 0 Å². The molecule has 2 aliphatic rings. The van der Waals surface area contributed by atoms with Gasteiger partial charge in [-0.2, -0.15) is 9.29 Å². The van der Waals surface area contributed by atoms with E-state index in [0.717, 1.165) is 0 Å². The monoisotopic (exact) mass is 445 g/mol. The van der Waals surface area contributed by atoms with Gasteiger partial charge >= 0.3 is 0 Å². The summed E-state index contributed by atoms with van der Waals surface area (Å²) >= 11 is 0. The van der Waals surface area contributed by atoms with Crippen molar-refractivity contribution in [2.45, 2.75) is 38.5 Å². The van der Waals surface area contributed by atoms with Gasteiger partial charge in [-0.25, -0.2) is 21.1 Å². The average Bonchev–Trinajstić information content (AvgIpc) is 3.30. The predicted molar refractivity (Wildman–Crippen MR) is 100.0 cm³/mol. The van der Waals surface area contributed by atoms with Crippen LogP contribution in [0.25, 0.3) is 0 Å². The normalized spacial score (nSPS) is 23.0. The van der Waals surface area contributed by atoms with Crippen LogP contribution in [0.5, 0.6) is 0 Å². The van der Waals surface area contributed by atoms with Crippen LogP contribution in [0.1, 0.15) is 36.0 Å². The minimum atomic E-state index is -3.80. The van der Waals surface area contributed by atoms with Crippen LogP contribution >= 0.6 is 0 Å². The molecule has 4 rings (SSSR count). The van der Waals surface area contributed by atoms with Gasteiger partial charge in [0.05, 0.1) is 11.7 Å². The first-order chi connectivity index (χ1) is 13.5. The Kier molecular flexibility index (Phi) is 4.64. The topological polar surface area (TPSA) is 140 Å². The van der Waals surface area contributed by atoms with Gasteiger partial charge < -0.3 is 9.05 Å². The second-order valence-electron chi connectivity index (χ2n) is 7.71. The highest BCUT2D eigenvalue weighted by Gasteiger charge is 2.61. The zero-order valence-corrected chi connectivity index (χ0v) is 18.2. The molecule has 0 amide bonds. The van der Waals surface area contributed by atoms with Crippen LogP contribution in [0.4, 0.5) is 0 Å². The van der Waals surface area contributed by atoms with Crippen molar-refractivity contribution in [1.82, 2.24) is 23.9 Å². The molecule has 1 atom stereocenters. The number of sulfonamides is 2. The molecule has 11 nitrogen and oxygen atoms in total. The zero-order valence-electron chi connectivity index (χ0n) is 16.6. The molecule has 0 N–H and O–H groups in total. The number of hydrogen-bond donors (Lipinski definition) is 0. The Balaban J connectivity index is 1.66. The second kappa shape index (κ2) is 6.59. The van der Waals surface area contributed by atoms with Gasteiger partial charge in [0.25, 0.3) is 0 Å². The maximum atomic E-state index is 13.1. The van der Waals surface area contributed by atoms with E-state index < -0.39 is 25.5 Å². The van der Waals surface area contributed by atoms with Gasteiger partial charge in [-0.15, -0.1) is 0 Å². The fraction of sp³-hybridized carbons (Fsp3) is 0.688. The highest BCUT2D eigenvalue weighted by Crippen LogP contribution is 2.51. The van der Waals surface area contributed by atoms with Crippen molar-refractivity contribution in [2.24, 2.45) is 5.41 Å². The standard InChI is InChI=1S/C16H23N5O6S2/c1-5-28(22,23)20-6-13(15-17-12(4)19-27-15)16(7-20)8-21(9-16)29(24,25)14-10(2)18-26-11(14)3/h13H,5-9H2,1-4H3. The fourth-order valence-corrected chi connectivity index (χ4v) is 7.35. The molecular weight excluding hydrogens is 422 g/mol. The van der Waals surface area contributed by atoms with E-state index in [4.69, 9.17) is 9.05 Å². The number of nitrogens with zero attached hydrogens (tertiary/aromatic N) is 5. The first-order valence-corrected chi connectivity index (χ1v) is 12.3. The highest BCUT2D eigenvalue weighted by atomic mass is 32.2. The van der Waals surface area contributed by atoms with E-state index >= 15 is 0 Å². The number of rotatable bonds is 5. The predicted octanol–water partition coefficient (Wildman–Crippen LogP) is 0.423. The van der Waals surface area contributed by atoms with Crippen LogP contribution in [0.15, 0.2) is 13.9 Å². The van der Waals surface area contributed by atoms with E-state index in [1.54, 1.807) is 27.7 Å². The van der Waals surface area contributed by atoms with Crippen molar-refractivity contribution >= 4 is 20.0 Å². The summed E-state index contributed by atoms with van der Waals surface area (Å²) in [7, 11) is -7.24. The van der Waals surface area contributed by atoms with E-state index in [9.17, 15) is 16.8 Å². The Labute approximate surface area is 169 Å². The first kappa shape index (κ1) is 20.4. The molecule has 2 saturated heterocycles. The summed E-state index contributed by atoms with van der Waals surface area (Å²) in [5, 5.41) is 7.55. The van der Waals surface area contributed by atoms with Crippen LogP contribution in [-0.4, -0.2) is 72.7 Å². The minimum absolute atomic E-state index is 0.0280. The van der Waals surface area contributed by atoms with Gasteiger partial charge in [0.1, 0.15) is 10.6 Å². The molecule has 2 fully saturated rings. The molecule has 0 bridgehead atoms.